The molecular weight excluding hydrogens is 375 g/mol. The molecule has 2 N–H and O–H groups in total. The Bertz CT molecular complexity index is 1000. The molecular formula is C20H16F3NO4. The summed E-state index contributed by atoms with van der Waals surface area (Å²) in [6, 6.07) is 9.32. The number of alkyl halides is 2. The van der Waals surface area contributed by atoms with Gasteiger partial charge in [-0.3, -0.25) is 4.79 Å². The fourth-order valence-electron chi connectivity index (χ4n) is 3.05. The fourth-order valence-corrected chi connectivity index (χ4v) is 3.05. The molecule has 0 saturated heterocycles. The molecule has 0 saturated carbocycles. The molecule has 1 amide bonds. The lowest BCUT2D eigenvalue weighted by Crippen LogP contribution is -2.17. The molecule has 2 aromatic carbocycles. The Morgan fingerprint density at radius 2 is 1.82 bits per heavy atom. The van der Waals surface area contributed by atoms with Gasteiger partial charge in [0.15, 0.2) is 1.37 Å². The molecule has 1 aliphatic rings. The van der Waals surface area contributed by atoms with Crippen molar-refractivity contribution in [1.82, 2.24) is 0 Å². The zero-order valence-corrected chi connectivity index (χ0v) is 14.5. The zero-order chi connectivity index (χ0) is 21.2. The van der Waals surface area contributed by atoms with Crippen LogP contribution in [0.2, 0.25) is 0 Å². The minimum absolute atomic E-state index is 0.0301. The highest BCUT2D eigenvalue weighted by Gasteiger charge is 2.25. The van der Waals surface area contributed by atoms with Gasteiger partial charge in [0, 0.05) is 11.1 Å². The van der Waals surface area contributed by atoms with Crippen molar-refractivity contribution in [2.24, 2.45) is 0 Å². The first-order valence-corrected chi connectivity index (χ1v) is 8.37. The van der Waals surface area contributed by atoms with Crippen molar-refractivity contribution < 1.29 is 34.0 Å². The van der Waals surface area contributed by atoms with Crippen molar-refractivity contribution in [3.63, 3.8) is 0 Å². The van der Waals surface area contributed by atoms with Gasteiger partial charge >= 0.3 is 12.6 Å². The average molecular weight is 392 g/mol. The van der Waals surface area contributed by atoms with E-state index in [1.807, 2.05) is 0 Å². The number of hydrogen-bond donors (Lipinski definition) is 2. The van der Waals surface area contributed by atoms with Gasteiger partial charge in [-0.1, -0.05) is 18.2 Å². The summed E-state index contributed by atoms with van der Waals surface area (Å²) in [5, 5.41) is 11.5. The highest BCUT2D eigenvalue weighted by atomic mass is 19.3. The Kier molecular flexibility index (Phi) is 5.27. The number of rotatable bonds is 6. The van der Waals surface area contributed by atoms with Crippen LogP contribution in [0.15, 0.2) is 53.6 Å². The van der Waals surface area contributed by atoms with Crippen molar-refractivity contribution >= 4 is 17.6 Å². The number of aliphatic carboxylic acids is 1. The number of hydrogen-bond acceptors (Lipinski definition) is 3. The quantitative estimate of drug-likeness (QED) is 0.754. The van der Waals surface area contributed by atoms with Gasteiger partial charge in [0.2, 0.25) is 0 Å². The number of anilines is 1. The van der Waals surface area contributed by atoms with Gasteiger partial charge < -0.3 is 15.2 Å². The summed E-state index contributed by atoms with van der Waals surface area (Å²) in [5.74, 6) is -2.86. The molecule has 0 aromatic heterocycles. The lowest BCUT2D eigenvalue weighted by atomic mass is 10.0. The van der Waals surface area contributed by atoms with E-state index in [2.05, 4.69) is 10.1 Å². The van der Waals surface area contributed by atoms with Gasteiger partial charge in [-0.15, -0.1) is 0 Å². The normalized spacial score (nSPS) is 14.6. The van der Waals surface area contributed by atoms with Crippen molar-refractivity contribution in [1.29, 1.82) is 0 Å². The minimum atomic E-state index is -4.10. The molecule has 146 valence electrons. The van der Waals surface area contributed by atoms with Crippen LogP contribution in [-0.4, -0.2) is 23.6 Å². The topological polar surface area (TPSA) is 75.6 Å². The van der Waals surface area contributed by atoms with E-state index >= 15 is 0 Å². The second kappa shape index (κ2) is 8.16. The number of carboxylic acids is 1. The van der Waals surface area contributed by atoms with Crippen LogP contribution in [0, 0.1) is 5.82 Å². The summed E-state index contributed by atoms with van der Waals surface area (Å²) in [6.07, 6.45) is 1.14. The summed E-state index contributed by atoms with van der Waals surface area (Å²) in [4.78, 5) is 23.5. The van der Waals surface area contributed by atoms with E-state index in [1.54, 1.807) is 6.07 Å². The first kappa shape index (κ1) is 18.1. The predicted molar refractivity (Wildman–Crippen MR) is 95.6 cm³/mol. The highest BCUT2D eigenvalue weighted by Crippen LogP contribution is 2.30. The lowest BCUT2D eigenvalue weighted by molar-refractivity contribution is -0.133. The van der Waals surface area contributed by atoms with E-state index in [0.717, 1.165) is 6.07 Å². The number of amides is 1. The monoisotopic (exact) mass is 392 g/mol. The van der Waals surface area contributed by atoms with Crippen molar-refractivity contribution in [3.8, 4) is 16.9 Å². The molecule has 8 heteroatoms. The fraction of sp³-hybridized carbons (Fsp3) is 0.200. The Balaban J connectivity index is 1.81. The van der Waals surface area contributed by atoms with Crippen LogP contribution in [0.25, 0.3) is 11.1 Å². The van der Waals surface area contributed by atoms with E-state index in [1.165, 1.54) is 30.3 Å². The first-order valence-electron chi connectivity index (χ1n) is 8.87. The molecule has 3 rings (SSSR count). The second-order valence-electron chi connectivity index (χ2n) is 6.12. The summed E-state index contributed by atoms with van der Waals surface area (Å²) in [7, 11) is 0. The minimum Gasteiger partial charge on any atom is -0.478 e. The number of benzene rings is 2. The number of carboxylic acid groups (broad SMARTS) is 1. The van der Waals surface area contributed by atoms with Gasteiger partial charge in [-0.2, -0.15) is 8.78 Å². The van der Waals surface area contributed by atoms with Crippen LogP contribution in [-0.2, 0) is 9.59 Å². The van der Waals surface area contributed by atoms with E-state index in [9.17, 15) is 22.8 Å². The molecule has 28 heavy (non-hydrogen) atoms. The highest BCUT2D eigenvalue weighted by molar-refractivity contribution is 6.09. The van der Waals surface area contributed by atoms with Crippen LogP contribution >= 0.6 is 0 Å². The molecule has 5 nitrogen and oxygen atoms in total. The van der Waals surface area contributed by atoms with Crippen LogP contribution in [0.3, 0.4) is 0 Å². The number of halogens is 3. The van der Waals surface area contributed by atoms with Gasteiger partial charge in [0.25, 0.3) is 5.91 Å². The van der Waals surface area contributed by atoms with Gasteiger partial charge in [0.05, 0.1) is 5.69 Å². The van der Waals surface area contributed by atoms with Gasteiger partial charge in [-0.25, -0.2) is 9.18 Å². The van der Waals surface area contributed by atoms with E-state index in [-0.39, 0.29) is 29.0 Å². The van der Waals surface area contributed by atoms with Crippen molar-refractivity contribution in [2.75, 3.05) is 5.32 Å². The Hall–Kier alpha value is -3.29. The van der Waals surface area contributed by atoms with Gasteiger partial charge in [0.1, 0.15) is 11.6 Å². The third kappa shape index (κ3) is 4.33. The first-order chi connectivity index (χ1) is 13.6. The van der Waals surface area contributed by atoms with E-state index in [4.69, 9.17) is 6.48 Å². The Labute approximate surface area is 159 Å². The largest absolute Gasteiger partial charge is 0.478 e. The van der Waals surface area contributed by atoms with Gasteiger partial charge in [-0.05, 0) is 54.7 Å². The third-order valence-electron chi connectivity index (χ3n) is 4.33. The van der Waals surface area contributed by atoms with Crippen molar-refractivity contribution in [2.45, 2.75) is 25.9 Å². The van der Waals surface area contributed by atoms with E-state index < -0.39 is 24.3 Å². The maximum absolute atomic E-state index is 14.5. The van der Waals surface area contributed by atoms with Crippen LogP contribution in [0.1, 0.15) is 20.6 Å². The number of carbonyl (C=O) groups excluding carboxylic acids is 1. The Morgan fingerprint density at radius 3 is 2.50 bits per heavy atom. The maximum atomic E-state index is 14.5. The zero-order valence-electron chi connectivity index (χ0n) is 15.5. The Morgan fingerprint density at radius 1 is 1.11 bits per heavy atom. The summed E-state index contributed by atoms with van der Waals surface area (Å²) in [6.45, 7) is -4.10. The van der Waals surface area contributed by atoms with Crippen LogP contribution in [0.5, 0.6) is 5.75 Å². The SMILES string of the molecule is [2H]C(F)(F)Oc1cccc(-c2ccc(NC(=O)C3=C(C(=O)O)CCC3)c(F)c2)c1. The van der Waals surface area contributed by atoms with E-state index in [0.29, 0.717) is 24.0 Å². The number of nitrogens with one attached hydrogen (secondary N) is 1. The summed E-state index contributed by atoms with van der Waals surface area (Å²) >= 11 is 0. The maximum Gasteiger partial charge on any atom is 0.387 e. The average Bonchev–Trinajstić information content (AvgIpc) is 3.12. The lowest BCUT2D eigenvalue weighted by Gasteiger charge is -2.11. The molecule has 0 atom stereocenters. The molecule has 0 spiro atoms. The molecule has 0 bridgehead atoms. The number of ether oxygens (including phenoxy) is 1. The summed E-state index contributed by atoms with van der Waals surface area (Å²) < 4.78 is 50.5. The van der Waals surface area contributed by atoms with Crippen LogP contribution in [0.4, 0.5) is 18.9 Å². The molecule has 1 aliphatic carbocycles. The standard InChI is InChI=1S/C20H16F3NO4/c21-16-10-12(11-3-1-4-13(9-11)28-20(22)23)7-8-17(16)24-18(25)14-5-2-6-15(14)19(26)27/h1,3-4,7-10,20H,2,5-6H2,(H,24,25)(H,26,27)/i20D. The molecule has 0 fully saturated rings. The molecule has 2 aromatic rings. The third-order valence-corrected chi connectivity index (χ3v) is 4.33. The summed E-state index contributed by atoms with van der Waals surface area (Å²) in [5.41, 5.74) is 0.735. The van der Waals surface area contributed by atoms with Crippen molar-refractivity contribution in [3.05, 3.63) is 59.4 Å². The molecule has 0 heterocycles. The van der Waals surface area contributed by atoms with Crippen LogP contribution < -0.4 is 10.1 Å². The second-order valence-corrected chi connectivity index (χ2v) is 6.12. The molecule has 0 aliphatic heterocycles. The molecule has 0 radical (unpaired) electrons. The molecule has 0 unspecified atom stereocenters. The predicted octanol–water partition coefficient (Wildman–Crippen LogP) is 4.60. The number of carbonyl (C=O) groups is 2. The smallest absolute Gasteiger partial charge is 0.387 e.